The van der Waals surface area contributed by atoms with E-state index in [9.17, 15) is 4.39 Å². The van der Waals surface area contributed by atoms with Gasteiger partial charge in [0.05, 0.1) is 24.9 Å². The molecule has 0 unspecified atom stereocenters. The summed E-state index contributed by atoms with van der Waals surface area (Å²) < 4.78 is 19.1. The molecule has 0 aromatic heterocycles. The van der Waals surface area contributed by atoms with Crippen molar-refractivity contribution in [1.82, 2.24) is 4.90 Å². The molecular formula is C14H19FN2O. The second-order valence-corrected chi connectivity index (χ2v) is 5.17. The van der Waals surface area contributed by atoms with E-state index in [0.717, 1.165) is 50.6 Å². The van der Waals surface area contributed by atoms with Crippen LogP contribution in [0.5, 0.6) is 0 Å². The molecular weight excluding hydrogens is 231 g/mol. The molecule has 0 spiro atoms. The minimum Gasteiger partial charge on any atom is -0.378 e. The summed E-state index contributed by atoms with van der Waals surface area (Å²) in [6.45, 7) is 7.44. The highest BCUT2D eigenvalue weighted by molar-refractivity contribution is 5.49. The molecule has 0 amide bonds. The molecule has 3 nitrogen and oxygen atoms in total. The number of aryl methyl sites for hydroxylation is 1. The van der Waals surface area contributed by atoms with Crippen LogP contribution in [0, 0.1) is 12.7 Å². The molecule has 98 valence electrons. The van der Waals surface area contributed by atoms with Crippen molar-refractivity contribution in [3.63, 3.8) is 0 Å². The number of piperazine rings is 1. The lowest BCUT2D eigenvalue weighted by Gasteiger charge is -2.43. The fourth-order valence-electron chi connectivity index (χ4n) is 2.63. The molecule has 2 fully saturated rings. The summed E-state index contributed by atoms with van der Waals surface area (Å²) in [5.41, 5.74) is 1.71. The van der Waals surface area contributed by atoms with E-state index in [2.05, 4.69) is 9.80 Å². The van der Waals surface area contributed by atoms with E-state index in [1.165, 1.54) is 0 Å². The van der Waals surface area contributed by atoms with Gasteiger partial charge >= 0.3 is 0 Å². The third-order valence-electron chi connectivity index (χ3n) is 3.90. The van der Waals surface area contributed by atoms with E-state index >= 15 is 0 Å². The topological polar surface area (TPSA) is 15.7 Å². The highest BCUT2D eigenvalue weighted by Gasteiger charge is 2.29. The molecule has 2 heterocycles. The summed E-state index contributed by atoms with van der Waals surface area (Å²) in [4.78, 5) is 4.59. The van der Waals surface area contributed by atoms with Gasteiger partial charge in [0.25, 0.3) is 0 Å². The summed E-state index contributed by atoms with van der Waals surface area (Å²) in [6, 6.07) is 6.08. The average Bonchev–Trinajstić information content (AvgIpc) is 2.28. The van der Waals surface area contributed by atoms with Gasteiger partial charge in [0.1, 0.15) is 5.82 Å². The third kappa shape index (κ3) is 2.22. The van der Waals surface area contributed by atoms with Gasteiger partial charge in [0.2, 0.25) is 0 Å². The summed E-state index contributed by atoms with van der Waals surface area (Å²) >= 11 is 0. The zero-order valence-corrected chi connectivity index (χ0v) is 10.7. The van der Waals surface area contributed by atoms with Crippen molar-refractivity contribution < 1.29 is 9.13 Å². The Labute approximate surface area is 107 Å². The zero-order chi connectivity index (χ0) is 12.5. The quantitative estimate of drug-likeness (QED) is 0.794. The molecule has 1 aromatic rings. The molecule has 2 aliphatic rings. The van der Waals surface area contributed by atoms with E-state index in [1.54, 1.807) is 6.07 Å². The summed E-state index contributed by atoms with van der Waals surface area (Å²) in [6.07, 6.45) is 0. The monoisotopic (exact) mass is 250 g/mol. The molecule has 4 heteroatoms. The minimum atomic E-state index is -0.101. The fourth-order valence-corrected chi connectivity index (χ4v) is 2.63. The molecule has 0 atom stereocenters. The number of ether oxygens (including phenoxy) is 1. The van der Waals surface area contributed by atoms with Crippen LogP contribution in [0.3, 0.4) is 0 Å². The highest BCUT2D eigenvalue weighted by Crippen LogP contribution is 2.23. The van der Waals surface area contributed by atoms with Crippen molar-refractivity contribution in [2.45, 2.75) is 13.0 Å². The Kier molecular flexibility index (Phi) is 3.22. The van der Waals surface area contributed by atoms with E-state index in [4.69, 9.17) is 4.74 Å². The molecule has 0 aliphatic carbocycles. The van der Waals surface area contributed by atoms with Crippen LogP contribution in [-0.4, -0.2) is 50.3 Å². The van der Waals surface area contributed by atoms with Crippen molar-refractivity contribution in [2.75, 3.05) is 44.3 Å². The highest BCUT2D eigenvalue weighted by atomic mass is 19.1. The molecule has 0 saturated carbocycles. The smallest absolute Gasteiger partial charge is 0.146 e. The number of nitrogens with zero attached hydrogens (tertiary/aromatic N) is 2. The van der Waals surface area contributed by atoms with Crippen LogP contribution in [0.1, 0.15) is 5.56 Å². The van der Waals surface area contributed by atoms with Gasteiger partial charge in [0, 0.05) is 26.2 Å². The number of halogens is 1. The van der Waals surface area contributed by atoms with Crippen LogP contribution in [0.2, 0.25) is 0 Å². The Morgan fingerprint density at radius 1 is 1.17 bits per heavy atom. The van der Waals surface area contributed by atoms with Crippen molar-refractivity contribution in [1.29, 1.82) is 0 Å². The zero-order valence-electron chi connectivity index (χ0n) is 10.7. The maximum atomic E-state index is 13.9. The first kappa shape index (κ1) is 11.9. The standard InChI is InChI=1S/C14H19FN2O/c1-11-2-3-14(13(15)8-11)17-6-4-16(5-7-17)12-9-18-10-12/h2-3,8,12H,4-7,9-10H2,1H3. The predicted molar refractivity (Wildman–Crippen MR) is 69.5 cm³/mol. The van der Waals surface area contributed by atoms with Crippen LogP contribution in [0.4, 0.5) is 10.1 Å². The van der Waals surface area contributed by atoms with Gasteiger partial charge in [0.15, 0.2) is 0 Å². The van der Waals surface area contributed by atoms with Crippen molar-refractivity contribution in [2.24, 2.45) is 0 Å². The third-order valence-corrected chi connectivity index (χ3v) is 3.90. The maximum absolute atomic E-state index is 13.9. The fraction of sp³-hybridized carbons (Fsp3) is 0.571. The van der Waals surface area contributed by atoms with E-state index in [0.29, 0.717) is 6.04 Å². The number of benzene rings is 1. The first-order chi connectivity index (χ1) is 8.74. The van der Waals surface area contributed by atoms with E-state index < -0.39 is 0 Å². The Bertz CT molecular complexity index is 426. The van der Waals surface area contributed by atoms with Crippen LogP contribution >= 0.6 is 0 Å². The van der Waals surface area contributed by atoms with Crippen molar-refractivity contribution in [3.05, 3.63) is 29.6 Å². The predicted octanol–water partition coefficient (Wildman–Crippen LogP) is 1.65. The van der Waals surface area contributed by atoms with Gasteiger partial charge < -0.3 is 9.64 Å². The first-order valence-electron chi connectivity index (χ1n) is 6.57. The lowest BCUT2D eigenvalue weighted by molar-refractivity contribution is -0.0660. The Hall–Kier alpha value is -1.13. The summed E-state index contributed by atoms with van der Waals surface area (Å²) in [5.74, 6) is -0.101. The SMILES string of the molecule is Cc1ccc(N2CCN(C3COC3)CC2)c(F)c1. The van der Waals surface area contributed by atoms with Crippen molar-refractivity contribution >= 4 is 5.69 Å². The minimum absolute atomic E-state index is 0.101. The largest absolute Gasteiger partial charge is 0.378 e. The van der Waals surface area contributed by atoms with Gasteiger partial charge in [-0.3, -0.25) is 4.90 Å². The molecule has 0 bridgehead atoms. The molecule has 18 heavy (non-hydrogen) atoms. The number of hydrogen-bond acceptors (Lipinski definition) is 3. The van der Waals surface area contributed by atoms with Crippen LogP contribution in [-0.2, 0) is 4.74 Å². The molecule has 2 saturated heterocycles. The van der Waals surface area contributed by atoms with Crippen LogP contribution in [0.25, 0.3) is 0 Å². The number of hydrogen-bond donors (Lipinski definition) is 0. The van der Waals surface area contributed by atoms with Gasteiger partial charge in [-0.05, 0) is 24.6 Å². The lowest BCUT2D eigenvalue weighted by atomic mass is 10.1. The second kappa shape index (κ2) is 4.86. The number of anilines is 1. The van der Waals surface area contributed by atoms with Crippen molar-refractivity contribution in [3.8, 4) is 0 Å². The average molecular weight is 250 g/mol. The summed E-state index contributed by atoms with van der Waals surface area (Å²) in [7, 11) is 0. The van der Waals surface area contributed by atoms with Gasteiger partial charge in [-0.1, -0.05) is 6.07 Å². The van der Waals surface area contributed by atoms with Gasteiger partial charge in [-0.2, -0.15) is 0 Å². The molecule has 3 rings (SSSR count). The van der Waals surface area contributed by atoms with E-state index in [1.807, 2.05) is 19.1 Å². The lowest BCUT2D eigenvalue weighted by Crippen LogP contribution is -2.56. The van der Waals surface area contributed by atoms with Gasteiger partial charge in [-0.15, -0.1) is 0 Å². The maximum Gasteiger partial charge on any atom is 0.146 e. The van der Waals surface area contributed by atoms with Crippen LogP contribution < -0.4 is 4.90 Å². The van der Waals surface area contributed by atoms with E-state index in [-0.39, 0.29) is 5.82 Å². The normalized spacial score (nSPS) is 22.0. The molecule has 1 aromatic carbocycles. The molecule has 2 aliphatic heterocycles. The van der Waals surface area contributed by atoms with Crippen LogP contribution in [0.15, 0.2) is 18.2 Å². The van der Waals surface area contributed by atoms with Gasteiger partial charge in [-0.25, -0.2) is 4.39 Å². The molecule has 0 radical (unpaired) electrons. The molecule has 0 N–H and O–H groups in total. The first-order valence-corrected chi connectivity index (χ1v) is 6.57. The number of rotatable bonds is 2. The summed E-state index contributed by atoms with van der Waals surface area (Å²) in [5, 5.41) is 0. The second-order valence-electron chi connectivity index (χ2n) is 5.17. The Balaban J connectivity index is 1.64. The Morgan fingerprint density at radius 3 is 2.44 bits per heavy atom. The Morgan fingerprint density at radius 2 is 1.89 bits per heavy atom.